The van der Waals surface area contributed by atoms with Crippen molar-refractivity contribution < 1.29 is 13.9 Å². The minimum absolute atomic E-state index is 0.0257. The molecule has 0 spiro atoms. The molecular weight excluding hydrogens is 331 g/mol. The van der Waals surface area contributed by atoms with Gasteiger partial charge in [-0.2, -0.15) is 0 Å². The molecule has 1 aliphatic heterocycles. The summed E-state index contributed by atoms with van der Waals surface area (Å²) < 4.78 is 18.4. The first-order valence-electron chi connectivity index (χ1n) is 8.97. The molecule has 138 valence electrons. The topological polar surface area (TPSA) is 41.6 Å². The van der Waals surface area contributed by atoms with Crippen molar-refractivity contribution in [2.45, 2.75) is 26.3 Å². The predicted molar refractivity (Wildman–Crippen MR) is 101 cm³/mol. The fraction of sp³-hybridized carbons (Fsp3) is 0.381. The molecule has 0 aliphatic carbocycles. The van der Waals surface area contributed by atoms with E-state index in [2.05, 4.69) is 10.2 Å². The van der Waals surface area contributed by atoms with Gasteiger partial charge in [0.05, 0.1) is 18.7 Å². The standard InChI is InChI=1S/C21H25FN2O2/c1-15-5-10-20(26-2)19(12-15)23-21(25)17-4-3-11-24(14-17)13-16-6-8-18(22)9-7-16/h5-10,12,17H,3-4,11,13-14H2,1-2H3,(H,23,25)/t17-/m1/s1. The molecule has 0 unspecified atom stereocenters. The summed E-state index contributed by atoms with van der Waals surface area (Å²) in [5, 5.41) is 3.02. The molecule has 26 heavy (non-hydrogen) atoms. The largest absolute Gasteiger partial charge is 0.495 e. The first-order chi connectivity index (χ1) is 12.5. The van der Waals surface area contributed by atoms with Crippen LogP contribution in [0.15, 0.2) is 42.5 Å². The smallest absolute Gasteiger partial charge is 0.228 e. The first kappa shape index (κ1) is 18.4. The third kappa shape index (κ3) is 4.61. The zero-order valence-electron chi connectivity index (χ0n) is 15.3. The monoisotopic (exact) mass is 356 g/mol. The second-order valence-electron chi connectivity index (χ2n) is 6.89. The van der Waals surface area contributed by atoms with E-state index in [0.29, 0.717) is 18.0 Å². The van der Waals surface area contributed by atoms with Gasteiger partial charge in [-0.05, 0) is 61.7 Å². The summed E-state index contributed by atoms with van der Waals surface area (Å²) in [6.45, 7) is 4.38. The molecule has 1 atom stereocenters. The molecule has 4 nitrogen and oxygen atoms in total. The number of anilines is 1. The van der Waals surface area contributed by atoms with Crippen molar-refractivity contribution in [3.63, 3.8) is 0 Å². The lowest BCUT2D eigenvalue weighted by atomic mass is 9.96. The lowest BCUT2D eigenvalue weighted by Crippen LogP contribution is -2.40. The normalized spacial score (nSPS) is 17.7. The number of nitrogens with one attached hydrogen (secondary N) is 1. The Balaban J connectivity index is 1.62. The van der Waals surface area contributed by atoms with Crippen LogP contribution in [-0.4, -0.2) is 31.0 Å². The van der Waals surface area contributed by atoms with E-state index in [1.807, 2.05) is 25.1 Å². The van der Waals surface area contributed by atoms with Crippen molar-refractivity contribution in [3.05, 3.63) is 59.4 Å². The van der Waals surface area contributed by atoms with Gasteiger partial charge in [-0.25, -0.2) is 4.39 Å². The Morgan fingerprint density at radius 3 is 2.77 bits per heavy atom. The lowest BCUT2D eigenvalue weighted by Gasteiger charge is -2.32. The average molecular weight is 356 g/mol. The van der Waals surface area contributed by atoms with Crippen molar-refractivity contribution in [2.24, 2.45) is 5.92 Å². The van der Waals surface area contributed by atoms with Gasteiger partial charge < -0.3 is 10.1 Å². The molecule has 1 N–H and O–H groups in total. The Labute approximate surface area is 154 Å². The molecule has 0 bridgehead atoms. The Hall–Kier alpha value is -2.40. The van der Waals surface area contributed by atoms with Crippen LogP contribution in [0.25, 0.3) is 0 Å². The van der Waals surface area contributed by atoms with E-state index < -0.39 is 0 Å². The highest BCUT2D eigenvalue weighted by Gasteiger charge is 2.26. The number of rotatable bonds is 5. The van der Waals surface area contributed by atoms with Crippen LogP contribution in [0.2, 0.25) is 0 Å². The third-order valence-electron chi connectivity index (χ3n) is 4.81. The van der Waals surface area contributed by atoms with E-state index in [0.717, 1.165) is 37.1 Å². The van der Waals surface area contributed by atoms with Crippen LogP contribution in [0.5, 0.6) is 5.75 Å². The van der Waals surface area contributed by atoms with Gasteiger partial charge in [0.15, 0.2) is 0 Å². The van der Waals surface area contributed by atoms with Crippen LogP contribution in [0.4, 0.5) is 10.1 Å². The summed E-state index contributed by atoms with van der Waals surface area (Å²) >= 11 is 0. The second-order valence-corrected chi connectivity index (χ2v) is 6.89. The zero-order valence-corrected chi connectivity index (χ0v) is 15.3. The van der Waals surface area contributed by atoms with Crippen molar-refractivity contribution in [2.75, 3.05) is 25.5 Å². The number of hydrogen-bond acceptors (Lipinski definition) is 3. The van der Waals surface area contributed by atoms with E-state index in [1.165, 1.54) is 12.1 Å². The van der Waals surface area contributed by atoms with Crippen LogP contribution < -0.4 is 10.1 Å². The molecule has 1 amide bonds. The number of ether oxygens (including phenoxy) is 1. The number of methoxy groups -OCH3 is 1. The van der Waals surface area contributed by atoms with E-state index in [9.17, 15) is 9.18 Å². The Morgan fingerprint density at radius 2 is 2.04 bits per heavy atom. The van der Waals surface area contributed by atoms with Crippen molar-refractivity contribution in [3.8, 4) is 5.75 Å². The maximum absolute atomic E-state index is 13.1. The van der Waals surface area contributed by atoms with Gasteiger partial charge in [0.1, 0.15) is 11.6 Å². The summed E-state index contributed by atoms with van der Waals surface area (Å²) in [5.41, 5.74) is 2.85. The number of aryl methyl sites for hydroxylation is 1. The predicted octanol–water partition coefficient (Wildman–Crippen LogP) is 3.99. The van der Waals surface area contributed by atoms with Crippen LogP contribution in [0, 0.1) is 18.7 Å². The molecule has 3 rings (SSSR count). The highest BCUT2D eigenvalue weighted by atomic mass is 19.1. The van der Waals surface area contributed by atoms with Crippen molar-refractivity contribution >= 4 is 11.6 Å². The number of hydrogen-bond donors (Lipinski definition) is 1. The average Bonchev–Trinajstić information content (AvgIpc) is 2.64. The number of halogens is 1. The Morgan fingerprint density at radius 1 is 1.27 bits per heavy atom. The number of carbonyl (C=O) groups is 1. The number of amides is 1. The molecule has 1 heterocycles. The van der Waals surface area contributed by atoms with Gasteiger partial charge in [0.2, 0.25) is 5.91 Å². The van der Waals surface area contributed by atoms with E-state index in [1.54, 1.807) is 19.2 Å². The summed E-state index contributed by atoms with van der Waals surface area (Å²) in [6, 6.07) is 12.3. The minimum atomic E-state index is -0.225. The van der Waals surface area contributed by atoms with Crippen molar-refractivity contribution in [1.82, 2.24) is 4.90 Å². The van der Waals surface area contributed by atoms with E-state index in [4.69, 9.17) is 4.74 Å². The number of carbonyl (C=O) groups excluding carboxylic acids is 1. The minimum Gasteiger partial charge on any atom is -0.495 e. The highest BCUT2D eigenvalue weighted by molar-refractivity contribution is 5.94. The van der Waals surface area contributed by atoms with Crippen LogP contribution in [-0.2, 0) is 11.3 Å². The molecule has 1 aliphatic rings. The maximum Gasteiger partial charge on any atom is 0.228 e. The zero-order chi connectivity index (χ0) is 18.5. The molecule has 5 heteroatoms. The summed E-state index contributed by atoms with van der Waals surface area (Å²) in [6.07, 6.45) is 1.85. The Bertz CT molecular complexity index is 761. The molecule has 1 saturated heterocycles. The molecule has 0 aromatic heterocycles. The molecule has 0 saturated carbocycles. The van der Waals surface area contributed by atoms with E-state index >= 15 is 0 Å². The highest BCUT2D eigenvalue weighted by Crippen LogP contribution is 2.27. The van der Waals surface area contributed by atoms with Crippen molar-refractivity contribution in [1.29, 1.82) is 0 Å². The van der Waals surface area contributed by atoms with Crippen LogP contribution in [0.1, 0.15) is 24.0 Å². The maximum atomic E-state index is 13.1. The van der Waals surface area contributed by atoms with Gasteiger partial charge in [-0.1, -0.05) is 18.2 Å². The second kappa shape index (κ2) is 8.32. The number of benzene rings is 2. The molecule has 1 fully saturated rings. The van der Waals surface area contributed by atoms with Gasteiger partial charge >= 0.3 is 0 Å². The quantitative estimate of drug-likeness (QED) is 0.881. The fourth-order valence-corrected chi connectivity index (χ4v) is 3.42. The Kier molecular flexibility index (Phi) is 5.89. The SMILES string of the molecule is COc1ccc(C)cc1NC(=O)[C@@H]1CCCN(Cc2ccc(F)cc2)C1. The third-order valence-corrected chi connectivity index (χ3v) is 4.81. The van der Waals surface area contributed by atoms with Gasteiger partial charge in [0.25, 0.3) is 0 Å². The number of piperidine rings is 1. The summed E-state index contributed by atoms with van der Waals surface area (Å²) in [7, 11) is 1.60. The summed E-state index contributed by atoms with van der Waals surface area (Å²) in [5.74, 6) is 0.409. The van der Waals surface area contributed by atoms with Crippen LogP contribution >= 0.6 is 0 Å². The van der Waals surface area contributed by atoms with Crippen LogP contribution in [0.3, 0.4) is 0 Å². The molecule has 2 aromatic carbocycles. The van der Waals surface area contributed by atoms with E-state index in [-0.39, 0.29) is 17.6 Å². The van der Waals surface area contributed by atoms with Gasteiger partial charge in [0, 0.05) is 13.1 Å². The number of likely N-dealkylation sites (tertiary alicyclic amines) is 1. The first-order valence-corrected chi connectivity index (χ1v) is 8.97. The molecular formula is C21H25FN2O2. The summed E-state index contributed by atoms with van der Waals surface area (Å²) in [4.78, 5) is 15.0. The lowest BCUT2D eigenvalue weighted by molar-refractivity contribution is -0.121. The number of nitrogens with zero attached hydrogens (tertiary/aromatic N) is 1. The molecule has 2 aromatic rings. The molecule has 0 radical (unpaired) electrons. The van der Waals surface area contributed by atoms with Gasteiger partial charge in [-0.15, -0.1) is 0 Å². The fourth-order valence-electron chi connectivity index (χ4n) is 3.42. The van der Waals surface area contributed by atoms with Gasteiger partial charge in [-0.3, -0.25) is 9.69 Å².